The lowest BCUT2D eigenvalue weighted by molar-refractivity contribution is -0.152. The topological polar surface area (TPSA) is 104 Å². The number of hydrogen-bond donors (Lipinski definition) is 0. The third kappa shape index (κ3) is 4.97. The molecule has 0 amide bonds. The Morgan fingerprint density at radius 3 is 2.44 bits per heavy atom. The standard InChI is InChI=1S/C26H34O7S/c1-5-32-24(29)21(18(2)27)12-9-13-23(28)33-22-16-19-14-15-26(22,25(19,3)4)17-34(30,31)20-10-7-6-8-11-20/h6-11,13,19,21-22H,5,12,14-17H2,1-4H3/b13-9+/t19-,21?,22-,26-/m0/s1. The van der Waals surface area contributed by atoms with Crippen LogP contribution >= 0.6 is 0 Å². The molecule has 1 aromatic carbocycles. The van der Waals surface area contributed by atoms with Gasteiger partial charge in [0.1, 0.15) is 17.8 Å². The van der Waals surface area contributed by atoms with Crippen LogP contribution in [0.3, 0.4) is 0 Å². The van der Waals surface area contributed by atoms with Gasteiger partial charge in [-0.2, -0.15) is 0 Å². The van der Waals surface area contributed by atoms with Crippen LogP contribution in [0.15, 0.2) is 47.4 Å². The van der Waals surface area contributed by atoms with Gasteiger partial charge in [-0.1, -0.05) is 38.1 Å². The highest BCUT2D eigenvalue weighted by Gasteiger charge is 2.66. The van der Waals surface area contributed by atoms with Crippen LogP contribution in [0.25, 0.3) is 0 Å². The molecule has 2 bridgehead atoms. The van der Waals surface area contributed by atoms with Gasteiger partial charge in [0, 0.05) is 11.5 Å². The van der Waals surface area contributed by atoms with Gasteiger partial charge in [0.05, 0.1) is 17.3 Å². The second-order valence-electron chi connectivity index (χ2n) is 9.90. The van der Waals surface area contributed by atoms with E-state index in [-0.39, 0.29) is 40.8 Å². The van der Waals surface area contributed by atoms with Crippen LogP contribution in [0.5, 0.6) is 0 Å². The Bertz CT molecular complexity index is 1060. The maximum atomic E-state index is 13.3. The molecule has 2 aliphatic carbocycles. The third-order valence-electron chi connectivity index (χ3n) is 7.85. The predicted molar refractivity (Wildman–Crippen MR) is 126 cm³/mol. The zero-order valence-corrected chi connectivity index (χ0v) is 21.1. The highest BCUT2D eigenvalue weighted by atomic mass is 32.2. The summed E-state index contributed by atoms with van der Waals surface area (Å²) in [5.41, 5.74) is -0.976. The molecule has 34 heavy (non-hydrogen) atoms. The number of allylic oxidation sites excluding steroid dienone is 1. The number of ketones is 1. The second kappa shape index (κ2) is 10.0. The van der Waals surface area contributed by atoms with E-state index in [0.717, 1.165) is 6.42 Å². The predicted octanol–water partition coefficient (Wildman–Crippen LogP) is 3.91. The lowest BCUT2D eigenvalue weighted by Crippen LogP contribution is -2.46. The van der Waals surface area contributed by atoms with E-state index in [1.165, 1.54) is 19.1 Å². The van der Waals surface area contributed by atoms with Gasteiger partial charge < -0.3 is 9.47 Å². The Kier molecular flexibility index (Phi) is 7.70. The molecule has 2 aliphatic rings. The van der Waals surface area contributed by atoms with E-state index in [0.29, 0.717) is 12.8 Å². The fraction of sp³-hybridized carbons (Fsp3) is 0.577. The maximum absolute atomic E-state index is 13.3. The summed E-state index contributed by atoms with van der Waals surface area (Å²) in [6.45, 7) is 7.28. The summed E-state index contributed by atoms with van der Waals surface area (Å²) in [5.74, 6) is -2.33. The number of rotatable bonds is 10. The fourth-order valence-corrected chi connectivity index (χ4v) is 7.83. The number of sulfone groups is 1. The summed E-state index contributed by atoms with van der Waals surface area (Å²) in [4.78, 5) is 36.6. The number of carbonyl (C=O) groups is 3. The highest BCUT2D eigenvalue weighted by Crippen LogP contribution is 2.67. The molecule has 4 atom stereocenters. The molecule has 0 aromatic heterocycles. The monoisotopic (exact) mass is 490 g/mol. The van der Waals surface area contributed by atoms with Crippen molar-refractivity contribution in [2.75, 3.05) is 12.4 Å². The molecular formula is C26H34O7S. The Morgan fingerprint density at radius 2 is 1.85 bits per heavy atom. The molecule has 7 nitrogen and oxygen atoms in total. The lowest BCUT2D eigenvalue weighted by atomic mass is 9.69. The summed E-state index contributed by atoms with van der Waals surface area (Å²) in [5, 5.41) is 0. The van der Waals surface area contributed by atoms with Gasteiger partial charge in [-0.25, -0.2) is 13.2 Å². The van der Waals surface area contributed by atoms with E-state index in [4.69, 9.17) is 9.47 Å². The second-order valence-corrected chi connectivity index (χ2v) is 11.9. The first-order chi connectivity index (χ1) is 15.9. The van der Waals surface area contributed by atoms with Crippen molar-refractivity contribution in [3.05, 3.63) is 42.5 Å². The van der Waals surface area contributed by atoms with Crippen molar-refractivity contribution >= 4 is 27.6 Å². The molecule has 0 N–H and O–H groups in total. The largest absolute Gasteiger partial charge is 0.465 e. The maximum Gasteiger partial charge on any atom is 0.330 e. The zero-order valence-electron chi connectivity index (χ0n) is 20.3. The average Bonchev–Trinajstić information content (AvgIpc) is 3.12. The quantitative estimate of drug-likeness (QED) is 0.278. The fourth-order valence-electron chi connectivity index (χ4n) is 5.71. The molecule has 2 saturated carbocycles. The molecule has 0 saturated heterocycles. The average molecular weight is 491 g/mol. The summed E-state index contributed by atoms with van der Waals surface area (Å²) in [6.07, 6.45) is 4.37. The van der Waals surface area contributed by atoms with Crippen molar-refractivity contribution in [1.29, 1.82) is 0 Å². The highest BCUT2D eigenvalue weighted by molar-refractivity contribution is 7.91. The summed E-state index contributed by atoms with van der Waals surface area (Å²) < 4.78 is 37.3. The van der Waals surface area contributed by atoms with Crippen LogP contribution in [-0.4, -0.2) is 44.6 Å². The van der Waals surface area contributed by atoms with E-state index in [1.54, 1.807) is 37.3 Å². The molecule has 3 rings (SSSR count). The van der Waals surface area contributed by atoms with Crippen molar-refractivity contribution in [1.82, 2.24) is 0 Å². The number of fused-ring (bicyclic) bond motifs is 2. The Balaban J connectivity index is 1.75. The third-order valence-corrected chi connectivity index (χ3v) is 9.74. The van der Waals surface area contributed by atoms with E-state index in [9.17, 15) is 22.8 Å². The van der Waals surface area contributed by atoms with Gasteiger partial charge in [0.25, 0.3) is 0 Å². The van der Waals surface area contributed by atoms with Crippen LogP contribution in [-0.2, 0) is 33.7 Å². The summed E-state index contributed by atoms with van der Waals surface area (Å²) in [7, 11) is -3.58. The van der Waals surface area contributed by atoms with Gasteiger partial charge in [-0.3, -0.25) is 9.59 Å². The van der Waals surface area contributed by atoms with Crippen LogP contribution in [0, 0.1) is 22.7 Å². The SMILES string of the molecule is CCOC(=O)C(C/C=C/C(=O)O[C@H]1C[C@@H]2CC[C@@]1(CS(=O)(=O)c1ccccc1)C2(C)C)C(C)=O. The van der Waals surface area contributed by atoms with Gasteiger partial charge in [-0.15, -0.1) is 0 Å². The Hall–Kier alpha value is -2.48. The molecule has 0 heterocycles. The molecule has 1 aromatic rings. The summed E-state index contributed by atoms with van der Waals surface area (Å²) >= 11 is 0. The minimum absolute atomic E-state index is 0.0373. The Labute approximate surface area is 201 Å². The number of Topliss-reactive ketones (excluding diaryl/α,β-unsaturated/α-hetero) is 1. The molecule has 186 valence electrons. The van der Waals surface area contributed by atoms with Crippen molar-refractivity contribution < 1.29 is 32.3 Å². The number of benzene rings is 1. The molecule has 0 aliphatic heterocycles. The van der Waals surface area contributed by atoms with Crippen LogP contribution in [0.4, 0.5) is 0 Å². The van der Waals surface area contributed by atoms with E-state index >= 15 is 0 Å². The molecule has 8 heteroatoms. The first-order valence-corrected chi connectivity index (χ1v) is 13.4. The van der Waals surface area contributed by atoms with Gasteiger partial charge in [0.2, 0.25) is 0 Å². The molecular weight excluding hydrogens is 456 g/mol. The van der Waals surface area contributed by atoms with Crippen molar-refractivity contribution in [3.8, 4) is 0 Å². The number of ether oxygens (including phenoxy) is 2. The van der Waals surface area contributed by atoms with Gasteiger partial charge >= 0.3 is 11.9 Å². The van der Waals surface area contributed by atoms with Crippen LogP contribution in [0.1, 0.15) is 53.4 Å². The number of carbonyl (C=O) groups excluding carboxylic acids is 3. The van der Waals surface area contributed by atoms with Crippen LogP contribution in [0.2, 0.25) is 0 Å². The molecule has 0 spiro atoms. The number of esters is 2. The summed E-state index contributed by atoms with van der Waals surface area (Å²) in [6, 6.07) is 8.37. The minimum atomic E-state index is -3.58. The zero-order chi connectivity index (χ0) is 25.1. The lowest BCUT2D eigenvalue weighted by Gasteiger charge is -2.41. The molecule has 2 fully saturated rings. The van der Waals surface area contributed by atoms with E-state index in [2.05, 4.69) is 13.8 Å². The molecule has 1 unspecified atom stereocenters. The van der Waals surface area contributed by atoms with Gasteiger partial charge in [0.15, 0.2) is 9.84 Å². The smallest absolute Gasteiger partial charge is 0.330 e. The molecule has 0 radical (unpaired) electrons. The van der Waals surface area contributed by atoms with Crippen molar-refractivity contribution in [3.63, 3.8) is 0 Å². The first kappa shape index (κ1) is 26.1. The van der Waals surface area contributed by atoms with E-state index < -0.39 is 39.2 Å². The van der Waals surface area contributed by atoms with E-state index in [1.807, 2.05) is 0 Å². The van der Waals surface area contributed by atoms with Crippen molar-refractivity contribution in [2.24, 2.45) is 22.7 Å². The minimum Gasteiger partial charge on any atom is -0.465 e. The van der Waals surface area contributed by atoms with Crippen molar-refractivity contribution in [2.45, 2.75) is 64.4 Å². The number of hydrogen-bond acceptors (Lipinski definition) is 7. The Morgan fingerprint density at radius 1 is 1.18 bits per heavy atom. The van der Waals surface area contributed by atoms with Crippen LogP contribution < -0.4 is 0 Å². The normalized spacial score (nSPS) is 26.4. The van der Waals surface area contributed by atoms with Gasteiger partial charge in [-0.05, 0) is 63.0 Å². The first-order valence-electron chi connectivity index (χ1n) is 11.8.